The summed E-state index contributed by atoms with van der Waals surface area (Å²) in [4.78, 5) is 0. The van der Waals surface area contributed by atoms with Crippen molar-refractivity contribution in [2.45, 2.75) is 0 Å². The molecule has 0 unspecified atom stereocenters. The Morgan fingerprint density at radius 3 is 1.47 bits per heavy atom. The Hall–Kier alpha value is -0.510. The maximum Gasteiger partial charge on any atom is 0.165 e. The van der Waals surface area contributed by atoms with E-state index < -0.39 is 0 Å². The number of benzene rings is 2. The van der Waals surface area contributed by atoms with Crippen molar-refractivity contribution in [3.8, 4) is 17.2 Å². The number of phenolic OH excluding ortho intramolecular Hbond substituents is 1. The number of ether oxygens (including phenoxy) is 1. The Balaban J connectivity index is 2.48. The van der Waals surface area contributed by atoms with Crippen LogP contribution in [0, 0.1) is 0 Å². The molecule has 0 spiro atoms. The van der Waals surface area contributed by atoms with Crippen molar-refractivity contribution in [3.05, 3.63) is 49.4 Å². The first kappa shape index (κ1) is 14.9. The third kappa shape index (κ3) is 3.33. The summed E-state index contributed by atoms with van der Waals surface area (Å²) in [7, 11) is 0. The van der Waals surface area contributed by atoms with Gasteiger partial charge in [0.25, 0.3) is 0 Å². The zero-order valence-electron chi connectivity index (χ0n) is 9.05. The van der Waals surface area contributed by atoms with E-state index in [1.165, 1.54) is 24.3 Å². The van der Waals surface area contributed by atoms with E-state index in [9.17, 15) is 5.11 Å². The monoisotopic (exact) mass is 356 g/mol. The molecule has 0 fully saturated rings. The summed E-state index contributed by atoms with van der Waals surface area (Å²) in [6.45, 7) is 0. The third-order valence-corrected chi connectivity index (χ3v) is 3.49. The first-order valence-electron chi connectivity index (χ1n) is 4.89. The van der Waals surface area contributed by atoms with Crippen molar-refractivity contribution in [1.82, 2.24) is 0 Å². The van der Waals surface area contributed by atoms with E-state index >= 15 is 0 Å². The van der Waals surface area contributed by atoms with Gasteiger partial charge in [-0.1, -0.05) is 58.0 Å². The molecule has 0 aliphatic rings. The van der Waals surface area contributed by atoms with Crippen molar-refractivity contribution in [2.24, 2.45) is 0 Å². The van der Waals surface area contributed by atoms with Crippen molar-refractivity contribution in [2.75, 3.05) is 0 Å². The summed E-state index contributed by atoms with van der Waals surface area (Å²) in [5, 5.41) is 10.4. The highest BCUT2D eigenvalue weighted by Crippen LogP contribution is 2.44. The molecule has 0 aliphatic heterocycles. The van der Waals surface area contributed by atoms with Gasteiger partial charge in [0.1, 0.15) is 5.75 Å². The molecule has 0 aliphatic carbocycles. The molecule has 0 saturated heterocycles. The van der Waals surface area contributed by atoms with Gasteiger partial charge in [-0.3, -0.25) is 0 Å². The van der Waals surface area contributed by atoms with Gasteiger partial charge in [0, 0.05) is 17.2 Å². The zero-order valence-corrected chi connectivity index (χ0v) is 12.8. The molecule has 0 bridgehead atoms. The second kappa shape index (κ2) is 5.86. The fourth-order valence-corrected chi connectivity index (χ4v) is 2.82. The third-order valence-electron chi connectivity index (χ3n) is 2.15. The summed E-state index contributed by atoms with van der Waals surface area (Å²) in [6.07, 6.45) is 0. The zero-order chi connectivity index (χ0) is 14.2. The van der Waals surface area contributed by atoms with E-state index in [2.05, 4.69) is 0 Å². The summed E-state index contributed by atoms with van der Waals surface area (Å²) in [5.74, 6) is 0.255. The van der Waals surface area contributed by atoms with Crippen LogP contribution >= 0.6 is 58.0 Å². The van der Waals surface area contributed by atoms with Crippen LogP contribution in [0.1, 0.15) is 0 Å². The van der Waals surface area contributed by atoms with Gasteiger partial charge in [-0.15, -0.1) is 0 Å². The molecule has 0 aromatic heterocycles. The predicted octanol–water partition coefficient (Wildman–Crippen LogP) is 6.45. The van der Waals surface area contributed by atoms with E-state index in [1.807, 2.05) is 0 Å². The number of hydrogen-bond acceptors (Lipinski definition) is 2. The topological polar surface area (TPSA) is 29.5 Å². The predicted molar refractivity (Wildman–Crippen MR) is 79.7 cm³/mol. The maximum absolute atomic E-state index is 9.34. The summed E-state index contributed by atoms with van der Waals surface area (Å²) in [6, 6.07) is 5.54. The van der Waals surface area contributed by atoms with Crippen LogP contribution in [0.5, 0.6) is 17.2 Å². The lowest BCUT2D eigenvalue weighted by atomic mass is 10.3. The number of aromatic hydroxyl groups is 1. The summed E-state index contributed by atoms with van der Waals surface area (Å²) in [5.41, 5.74) is 0. The fourth-order valence-electron chi connectivity index (χ4n) is 1.37. The quantitative estimate of drug-likeness (QED) is 0.668. The molecule has 19 heavy (non-hydrogen) atoms. The van der Waals surface area contributed by atoms with Crippen LogP contribution in [-0.2, 0) is 0 Å². The highest BCUT2D eigenvalue weighted by Gasteiger charge is 2.15. The Kier molecular flexibility index (Phi) is 4.59. The van der Waals surface area contributed by atoms with Gasteiger partial charge in [-0.25, -0.2) is 0 Å². The molecule has 1 N–H and O–H groups in total. The van der Waals surface area contributed by atoms with Crippen molar-refractivity contribution < 1.29 is 9.84 Å². The number of phenols is 1. The molecule has 0 heterocycles. The average Bonchev–Trinajstić information content (AvgIpc) is 2.25. The molecule has 7 heteroatoms. The summed E-state index contributed by atoms with van der Waals surface area (Å²) < 4.78 is 5.51. The van der Waals surface area contributed by atoms with Crippen LogP contribution in [0.3, 0.4) is 0 Å². The molecular weight excluding hydrogens is 353 g/mol. The maximum atomic E-state index is 9.34. The molecule has 0 atom stereocenters. The van der Waals surface area contributed by atoms with E-state index in [1.54, 1.807) is 0 Å². The van der Waals surface area contributed by atoms with Crippen LogP contribution in [-0.4, -0.2) is 5.11 Å². The smallest absolute Gasteiger partial charge is 0.165 e. The Bertz CT molecular complexity index is 541. The second-order valence-corrected chi connectivity index (χ2v) is 5.60. The lowest BCUT2D eigenvalue weighted by Gasteiger charge is -2.12. The van der Waals surface area contributed by atoms with Gasteiger partial charge in [-0.05, 0) is 12.1 Å². The normalized spacial score (nSPS) is 10.6. The van der Waals surface area contributed by atoms with Crippen LogP contribution in [0.4, 0.5) is 0 Å². The van der Waals surface area contributed by atoms with Crippen molar-refractivity contribution in [1.29, 1.82) is 0 Å². The van der Waals surface area contributed by atoms with E-state index in [0.717, 1.165) is 0 Å². The molecule has 2 aromatic carbocycles. The van der Waals surface area contributed by atoms with E-state index in [4.69, 9.17) is 62.7 Å². The van der Waals surface area contributed by atoms with E-state index in [-0.39, 0.29) is 37.3 Å². The van der Waals surface area contributed by atoms with Gasteiger partial charge < -0.3 is 9.84 Å². The minimum atomic E-state index is -0.0735. The highest BCUT2D eigenvalue weighted by molar-refractivity contribution is 6.40. The van der Waals surface area contributed by atoms with Crippen molar-refractivity contribution in [3.63, 3.8) is 0 Å². The highest BCUT2D eigenvalue weighted by atomic mass is 35.5. The molecule has 0 saturated carbocycles. The lowest BCUT2D eigenvalue weighted by Crippen LogP contribution is -1.89. The minimum absolute atomic E-state index is 0.0735. The molecule has 0 amide bonds. The Morgan fingerprint density at radius 2 is 1.05 bits per heavy atom. The first-order chi connectivity index (χ1) is 8.88. The van der Waals surface area contributed by atoms with Crippen molar-refractivity contribution >= 4 is 58.0 Å². The fraction of sp³-hybridized carbons (Fsp3) is 0. The number of rotatable bonds is 2. The second-order valence-electron chi connectivity index (χ2n) is 3.54. The lowest BCUT2D eigenvalue weighted by molar-refractivity contribution is 0.465. The molecule has 2 nitrogen and oxygen atoms in total. The van der Waals surface area contributed by atoms with E-state index in [0.29, 0.717) is 5.02 Å². The van der Waals surface area contributed by atoms with Gasteiger partial charge in [0.2, 0.25) is 0 Å². The van der Waals surface area contributed by atoms with Crippen LogP contribution in [0.15, 0.2) is 24.3 Å². The largest absolute Gasteiger partial charge is 0.508 e. The van der Waals surface area contributed by atoms with Gasteiger partial charge in [0.15, 0.2) is 11.5 Å². The number of halogens is 5. The van der Waals surface area contributed by atoms with Crippen LogP contribution < -0.4 is 4.74 Å². The SMILES string of the molecule is Oc1cc(Cl)c(Oc2c(Cl)cc(Cl)cc2Cl)c(Cl)c1. The minimum Gasteiger partial charge on any atom is -0.508 e. The Labute approximate surface area is 134 Å². The molecule has 0 radical (unpaired) electrons. The van der Waals surface area contributed by atoms with Gasteiger partial charge in [-0.2, -0.15) is 0 Å². The standard InChI is InChI=1S/C12H5Cl5O2/c13-5-1-7(14)11(8(15)2-5)19-12-9(16)3-6(18)4-10(12)17/h1-4,18H. The van der Waals surface area contributed by atoms with Crippen LogP contribution in [0.25, 0.3) is 0 Å². The van der Waals surface area contributed by atoms with Gasteiger partial charge in [0.05, 0.1) is 20.1 Å². The summed E-state index contributed by atoms with van der Waals surface area (Å²) >= 11 is 29.7. The molecular formula is C12H5Cl5O2. The van der Waals surface area contributed by atoms with Gasteiger partial charge >= 0.3 is 0 Å². The van der Waals surface area contributed by atoms with Crippen LogP contribution in [0.2, 0.25) is 25.1 Å². The Morgan fingerprint density at radius 1 is 0.684 bits per heavy atom. The number of hydrogen-bond donors (Lipinski definition) is 1. The molecule has 2 rings (SSSR count). The molecule has 100 valence electrons. The first-order valence-corrected chi connectivity index (χ1v) is 6.78. The molecule has 2 aromatic rings. The average molecular weight is 358 g/mol.